The summed E-state index contributed by atoms with van der Waals surface area (Å²) >= 11 is 0. The van der Waals surface area contributed by atoms with Crippen LogP contribution in [-0.4, -0.2) is 63.3 Å². The first kappa shape index (κ1) is 42.1. The zero-order valence-electron chi connectivity index (χ0n) is 31.8. The van der Waals surface area contributed by atoms with Crippen molar-refractivity contribution in [2.75, 3.05) is 0 Å². The van der Waals surface area contributed by atoms with Crippen molar-refractivity contribution >= 4 is 29.7 Å². The largest absolute Gasteiger partial charge is 0.459 e. The molecule has 0 radical (unpaired) electrons. The summed E-state index contributed by atoms with van der Waals surface area (Å²) in [6.45, 7) is 11.3. The number of benzene rings is 3. The second kappa shape index (κ2) is 17.2. The van der Waals surface area contributed by atoms with Crippen LogP contribution in [0.2, 0.25) is 0 Å². The van der Waals surface area contributed by atoms with Gasteiger partial charge in [0.1, 0.15) is 34.5 Å². The van der Waals surface area contributed by atoms with Crippen molar-refractivity contribution < 1.29 is 52.1 Å². The minimum absolute atomic E-state index is 0.0293. The molecule has 55 heavy (non-hydrogen) atoms. The Balaban J connectivity index is 1.57. The predicted molar refractivity (Wildman–Crippen MR) is 196 cm³/mol. The summed E-state index contributed by atoms with van der Waals surface area (Å²) in [5, 5.41) is 23.8. The molecule has 0 aromatic heterocycles. The molecule has 6 N–H and O–H groups in total. The van der Waals surface area contributed by atoms with E-state index < -0.39 is 64.3 Å². The molecular formula is C39H47F2N5O9. The molecule has 3 aromatic carbocycles. The number of amidine groups is 1. The third-order valence-electron chi connectivity index (χ3n) is 8.06. The number of esters is 1. The van der Waals surface area contributed by atoms with Gasteiger partial charge in [-0.05, 0) is 121 Å². The van der Waals surface area contributed by atoms with E-state index >= 15 is 8.78 Å². The predicted octanol–water partition coefficient (Wildman–Crippen LogP) is 7.02. The number of alkyl carbamates (subject to hydrolysis) is 1. The molecule has 0 heterocycles. The average molecular weight is 768 g/mol. The number of carbonyl (C=O) groups is 4. The first-order valence-corrected chi connectivity index (χ1v) is 17.6. The van der Waals surface area contributed by atoms with Crippen LogP contribution in [0, 0.1) is 17.0 Å². The molecule has 14 nitrogen and oxygen atoms in total. The van der Waals surface area contributed by atoms with Gasteiger partial charge in [0.2, 0.25) is 5.91 Å². The summed E-state index contributed by atoms with van der Waals surface area (Å²) in [6, 6.07) is 9.54. The fraction of sp³-hybridized carbons (Fsp3) is 0.410. The van der Waals surface area contributed by atoms with Crippen LogP contribution in [0.5, 0.6) is 23.0 Å². The molecule has 4 rings (SSSR count). The number of hydrogen-bond acceptors (Lipinski definition) is 11. The van der Waals surface area contributed by atoms with Crippen LogP contribution >= 0.6 is 0 Å². The molecule has 296 valence electrons. The summed E-state index contributed by atoms with van der Waals surface area (Å²) in [6.07, 6.45) is 1.76. The highest BCUT2D eigenvalue weighted by Crippen LogP contribution is 2.35. The van der Waals surface area contributed by atoms with Gasteiger partial charge < -0.3 is 35.3 Å². The lowest BCUT2D eigenvalue weighted by Crippen LogP contribution is -2.45. The van der Waals surface area contributed by atoms with E-state index in [0.29, 0.717) is 25.7 Å². The lowest BCUT2D eigenvalue weighted by molar-refractivity contribution is -0.156. The van der Waals surface area contributed by atoms with E-state index in [-0.39, 0.29) is 51.1 Å². The molecule has 0 aliphatic heterocycles. The first-order chi connectivity index (χ1) is 25.6. The number of nitrogens with one attached hydrogen (secondary N) is 3. The Kier molecular flexibility index (Phi) is 13.2. The van der Waals surface area contributed by atoms with Gasteiger partial charge in [-0.3, -0.25) is 20.2 Å². The van der Waals surface area contributed by atoms with Crippen LogP contribution in [0.25, 0.3) is 0 Å². The van der Waals surface area contributed by atoms with E-state index in [4.69, 9.17) is 30.1 Å². The van der Waals surface area contributed by atoms with Gasteiger partial charge in [-0.2, -0.15) is 5.06 Å². The lowest BCUT2D eigenvalue weighted by Gasteiger charge is -2.30. The second-order valence-electron chi connectivity index (χ2n) is 15.1. The summed E-state index contributed by atoms with van der Waals surface area (Å²) in [4.78, 5) is 49.8. The van der Waals surface area contributed by atoms with Crippen LogP contribution in [0.15, 0.2) is 54.6 Å². The molecule has 0 bridgehead atoms. The van der Waals surface area contributed by atoms with Crippen LogP contribution in [0.1, 0.15) is 102 Å². The maximum absolute atomic E-state index is 15.4. The van der Waals surface area contributed by atoms with Gasteiger partial charge >= 0.3 is 12.1 Å². The molecule has 1 unspecified atom stereocenters. The Morgan fingerprint density at radius 2 is 1.29 bits per heavy atom. The van der Waals surface area contributed by atoms with Gasteiger partial charge in [-0.15, -0.1) is 0 Å². The van der Waals surface area contributed by atoms with Crippen molar-refractivity contribution in [3.63, 3.8) is 0 Å². The van der Waals surface area contributed by atoms with E-state index in [9.17, 15) is 24.4 Å². The van der Waals surface area contributed by atoms with Crippen LogP contribution in [0.4, 0.5) is 13.6 Å². The van der Waals surface area contributed by atoms with E-state index in [1.807, 2.05) is 0 Å². The van der Waals surface area contributed by atoms with Gasteiger partial charge in [0.25, 0.3) is 5.91 Å². The third-order valence-corrected chi connectivity index (χ3v) is 8.06. The number of ether oxygens (including phenoxy) is 4. The summed E-state index contributed by atoms with van der Waals surface area (Å²) in [5.41, 5.74) is 4.45. The zero-order valence-corrected chi connectivity index (χ0v) is 31.8. The number of rotatable bonds is 10. The van der Waals surface area contributed by atoms with Gasteiger partial charge in [0.15, 0.2) is 23.2 Å². The molecule has 3 amide bonds. The maximum Gasteiger partial charge on any atom is 0.407 e. The van der Waals surface area contributed by atoms with Crippen molar-refractivity contribution in [3.05, 3.63) is 82.9 Å². The molecule has 1 atom stereocenters. The number of amides is 3. The van der Waals surface area contributed by atoms with E-state index in [0.717, 1.165) is 19.1 Å². The molecule has 0 saturated heterocycles. The lowest BCUT2D eigenvalue weighted by atomic mass is 9.91. The number of hydrogen-bond donors (Lipinski definition) is 5. The zero-order chi connectivity index (χ0) is 40.8. The smallest absolute Gasteiger partial charge is 0.407 e. The molecule has 1 aliphatic carbocycles. The Bertz CT molecular complexity index is 1890. The quantitative estimate of drug-likeness (QED) is 0.0469. The Labute approximate surface area is 317 Å². The SMILES string of the molecule is CC(=O)N(O)C(=N)c1ccc(Oc2cc(Oc3c(F)cc(C(N)C(=O)OC(C)(C)C)cc3F)cc(C(=O)NC3CCC(NC(=O)OC(C)(C)C)CC3)c2)cc1. The number of halogens is 2. The van der Waals surface area contributed by atoms with Gasteiger partial charge in [0.05, 0.1) is 0 Å². The van der Waals surface area contributed by atoms with Crippen molar-refractivity contribution in [3.8, 4) is 23.0 Å². The highest BCUT2D eigenvalue weighted by molar-refractivity contribution is 6.04. The third kappa shape index (κ3) is 12.2. The van der Waals surface area contributed by atoms with Crippen molar-refractivity contribution in [1.82, 2.24) is 15.7 Å². The van der Waals surface area contributed by atoms with Gasteiger partial charge in [-0.1, -0.05) is 0 Å². The van der Waals surface area contributed by atoms with Gasteiger partial charge in [-0.25, -0.2) is 18.4 Å². The van der Waals surface area contributed by atoms with Gasteiger partial charge in [0, 0.05) is 36.2 Å². The highest BCUT2D eigenvalue weighted by atomic mass is 19.1. The highest BCUT2D eigenvalue weighted by Gasteiger charge is 2.28. The monoisotopic (exact) mass is 767 g/mol. The van der Waals surface area contributed by atoms with Crippen LogP contribution in [0.3, 0.4) is 0 Å². The topological polar surface area (TPSA) is 203 Å². The molecule has 1 fully saturated rings. The van der Waals surface area contributed by atoms with Crippen molar-refractivity contribution in [2.45, 2.75) is 103 Å². The van der Waals surface area contributed by atoms with Crippen molar-refractivity contribution in [1.29, 1.82) is 5.41 Å². The van der Waals surface area contributed by atoms with Crippen LogP contribution in [-0.2, 0) is 19.1 Å². The fourth-order valence-electron chi connectivity index (χ4n) is 5.52. The molecule has 1 saturated carbocycles. The standard InChI is InChI=1S/C39H47F2N5O9/c1-21(47)46(51)34(43)22-8-14-27(15-9-22)52-28-16-24(35(48)44-25-10-12-26(13-11-25)45-37(50)55-39(5,6)7)17-29(20-28)53-33-30(40)18-23(19-31(33)41)32(42)36(49)54-38(2,3)4/h8-9,14-20,25-26,32,43,51H,10-13,42H2,1-7H3,(H,44,48)(H,45,50). The Morgan fingerprint density at radius 3 is 1.80 bits per heavy atom. The molecular weight excluding hydrogens is 720 g/mol. The van der Waals surface area contributed by atoms with E-state index in [1.165, 1.54) is 42.5 Å². The fourth-order valence-corrected chi connectivity index (χ4v) is 5.52. The second-order valence-corrected chi connectivity index (χ2v) is 15.1. The molecule has 1 aliphatic rings. The number of nitrogens with zero attached hydrogens (tertiary/aromatic N) is 1. The normalized spacial score (nSPS) is 16.3. The maximum atomic E-state index is 15.4. The number of hydroxylamine groups is 2. The molecule has 0 spiro atoms. The first-order valence-electron chi connectivity index (χ1n) is 17.6. The van der Waals surface area contributed by atoms with Crippen molar-refractivity contribution in [2.24, 2.45) is 5.73 Å². The minimum atomic E-state index is -1.48. The minimum Gasteiger partial charge on any atom is -0.459 e. The molecule has 3 aromatic rings. The Morgan fingerprint density at radius 1 is 0.782 bits per heavy atom. The number of carbonyl (C=O) groups excluding carboxylic acids is 4. The average Bonchev–Trinajstić information content (AvgIpc) is 3.08. The van der Waals surface area contributed by atoms with E-state index in [2.05, 4.69) is 10.6 Å². The van der Waals surface area contributed by atoms with E-state index in [1.54, 1.807) is 41.5 Å². The molecule has 16 heteroatoms. The van der Waals surface area contributed by atoms with Crippen LogP contribution < -0.4 is 25.8 Å². The Hall–Kier alpha value is -5.61. The summed E-state index contributed by atoms with van der Waals surface area (Å²) in [7, 11) is 0. The summed E-state index contributed by atoms with van der Waals surface area (Å²) in [5.74, 6) is -5.76. The summed E-state index contributed by atoms with van der Waals surface area (Å²) < 4.78 is 53.0. The number of nitrogens with two attached hydrogens (primary N) is 1.